The number of Topliss-reactive ketones (excluding diaryl/α,β-unsaturated/α-hetero) is 7. The number of carboxylic acid groups (broad SMARTS) is 3. The summed E-state index contributed by atoms with van der Waals surface area (Å²) in [6.07, 6.45) is 9.67. The molecule has 15 unspecified atom stereocenters. The Labute approximate surface area is 918 Å². The molecule has 0 bridgehead atoms. The minimum Gasteiger partial charge on any atom is -0.481 e. The van der Waals surface area contributed by atoms with Crippen LogP contribution in [0.15, 0.2) is 0 Å². The second kappa shape index (κ2) is 83.4. The lowest BCUT2D eigenvalue weighted by Gasteiger charge is -2.35. The van der Waals surface area contributed by atoms with Crippen molar-refractivity contribution in [3.05, 3.63) is 18.4 Å². The predicted octanol–water partition coefficient (Wildman–Crippen LogP) is 13.2. The fourth-order valence-corrected chi connectivity index (χ4v) is 27.4. The molecule has 3 fully saturated rings. The maximum Gasteiger partial charge on any atom is 0.408 e. The number of carbonyl (C=O) groups is 19. The van der Waals surface area contributed by atoms with E-state index in [1.807, 2.05) is 86.5 Å². The van der Waals surface area contributed by atoms with Gasteiger partial charge < -0.3 is 126 Å². The molecule has 832 valence electrons. The van der Waals surface area contributed by atoms with Gasteiger partial charge in [0.1, 0.15) is 46.6 Å². The van der Waals surface area contributed by atoms with E-state index in [-0.39, 0.29) is 142 Å². The van der Waals surface area contributed by atoms with E-state index < -0.39 is 148 Å². The minimum absolute atomic E-state index is 0. The van der Waals surface area contributed by atoms with Crippen LogP contribution in [0.1, 0.15) is 243 Å². The van der Waals surface area contributed by atoms with Crippen LogP contribution in [0, 0.1) is 18.4 Å². The van der Waals surface area contributed by atoms with Crippen LogP contribution >= 0.6 is 175 Å². The number of carbonyl (C=O) groups excluding carboxylic acids is 16. The van der Waals surface area contributed by atoms with Gasteiger partial charge in [0.05, 0.1) is 18.5 Å². The molecular formula is C91H160ClN11O26P3S12-3. The minimum atomic E-state index is -1.25. The topological polar surface area (TPSA) is 582 Å². The van der Waals surface area contributed by atoms with Crippen molar-refractivity contribution in [1.82, 2.24) is 47.9 Å². The number of amides is 9. The molecule has 3 aliphatic rings. The Hall–Kier alpha value is -4.16. The third kappa shape index (κ3) is 79.8. The molecule has 144 heavy (non-hydrogen) atoms. The van der Waals surface area contributed by atoms with Gasteiger partial charge in [-0.25, -0.2) is 28.8 Å². The third-order valence-electron chi connectivity index (χ3n) is 18.8. The van der Waals surface area contributed by atoms with Crippen molar-refractivity contribution in [1.29, 1.82) is 0 Å². The van der Waals surface area contributed by atoms with Gasteiger partial charge in [0.2, 0.25) is 29.5 Å². The zero-order valence-corrected chi connectivity index (χ0v) is 99.6. The van der Waals surface area contributed by atoms with E-state index in [0.717, 1.165) is 79.9 Å². The van der Waals surface area contributed by atoms with Crippen molar-refractivity contribution >= 4 is 288 Å². The van der Waals surface area contributed by atoms with Crippen molar-refractivity contribution < 1.29 is 129 Å². The molecule has 0 saturated heterocycles. The molecule has 0 heterocycles. The molecule has 16 N–H and O–H groups in total. The molecule has 0 aromatic heterocycles. The Morgan fingerprint density at radius 3 is 0.806 bits per heavy atom. The van der Waals surface area contributed by atoms with Gasteiger partial charge in [-0.3, -0.25) is 75.7 Å². The first-order valence-corrected chi connectivity index (χ1v) is 62.5. The summed E-state index contributed by atoms with van der Waals surface area (Å²) in [7, 11) is 13.1. The highest BCUT2D eigenvalue weighted by atomic mass is 35.5. The second-order valence-corrected chi connectivity index (χ2v) is 52.8. The van der Waals surface area contributed by atoms with E-state index in [1.54, 1.807) is 83.1 Å². The summed E-state index contributed by atoms with van der Waals surface area (Å²) in [6.45, 7) is 28.3. The molecule has 37 nitrogen and oxygen atoms in total. The molecule has 0 aliphatic heterocycles. The van der Waals surface area contributed by atoms with Crippen LogP contribution in [0.3, 0.4) is 0 Å². The van der Waals surface area contributed by atoms with Gasteiger partial charge in [-0.15, -0.1) is 12.4 Å². The standard InChI is InChI=1S/C32H52N4O8P2S4.C28H50N2O6S4.C16H28N2O8S2.C8H18N2S2.C7H11NO4P.ClH/c1-3-4-13-47-27-7-8-28(27)48-14-5-6-26(40)25(36-32(44)12-10-30(42)34-16-23(39)18-46)20-50-49-19-24(21(2)37)35-31(43)11-9-29(41)33-15-22(38)17-45;1-9-10-15-37-23-13-14-24(23)38-16-11-12-22(32)21(30-26(34)36-28(6,7)8)18-40-39-17-20(19(2)31)29-25(33)35-27(3,4)5;1-15(2,3)25-13(23)17-9(11(19)20)7-27-28-8-10(12(21)22)18-14(24)26-16(4,5)6;9-3-5-11-7-1-2-8(7)12-6-4-10;9-5(4-13)3-8-6(10)1-2-7(11)12;/h17-18,24-25,27-28H,3-16,19-20,45-46H2,1-2H3,(H,33,41)(H,34,42)(H,35,43)(H,36,44);20-21,23-24H,9-18H2,1-8H3,(H,29,33)(H,30,34);9-10H,7-8H2,1-6H3,(H,17,23)(H,18,24)(H,19,20)(H,21,22);7-8H,1-6,9-10H2;4H,1-3,13H2,(H,8,10)(H,11,12);1H/q-2;;;;-1;/i17T,18T;;;;4T;. The second-order valence-electron chi connectivity index (χ2n) is 36.2. The Bertz CT molecular complexity index is 3960. The van der Waals surface area contributed by atoms with Gasteiger partial charge in [0.25, 0.3) is 0 Å². The molecule has 3 aliphatic carbocycles. The first kappa shape index (κ1) is 138. The number of rotatable bonds is 69. The van der Waals surface area contributed by atoms with Gasteiger partial charge >= 0.3 is 42.3 Å². The molecule has 0 radical (unpaired) electrons. The van der Waals surface area contributed by atoms with Gasteiger partial charge in [-0.2, -0.15) is 74.7 Å². The van der Waals surface area contributed by atoms with Gasteiger partial charge in [0.15, 0.2) is 23.1 Å². The number of ether oxygens (including phenoxy) is 4. The lowest BCUT2D eigenvalue weighted by molar-refractivity contribution is -0.139. The normalized spacial score (nSPS) is 17.0. The molecule has 3 rings (SSSR count). The van der Waals surface area contributed by atoms with E-state index in [9.17, 15) is 101 Å². The zero-order valence-electron chi connectivity index (χ0n) is 88.5. The van der Waals surface area contributed by atoms with Crippen LogP contribution in [0.25, 0.3) is 0 Å². The average molecular weight is 2340 g/mol. The average Bonchev–Trinajstić information content (AvgIpc) is 0.860. The summed E-state index contributed by atoms with van der Waals surface area (Å²) in [4.78, 5) is 225. The van der Waals surface area contributed by atoms with E-state index in [0.29, 0.717) is 40.1 Å². The summed E-state index contributed by atoms with van der Waals surface area (Å²) in [6, 6.07) is -5.54. The summed E-state index contributed by atoms with van der Waals surface area (Å²) in [5.41, 5.74) is 8.03. The third-order valence-corrected chi connectivity index (χ3v) is 36.5. The smallest absolute Gasteiger partial charge is 0.408 e. The van der Waals surface area contributed by atoms with E-state index in [4.69, 9.17) is 39.6 Å². The summed E-state index contributed by atoms with van der Waals surface area (Å²) >= 11 is 12.1. The van der Waals surface area contributed by atoms with E-state index >= 15 is 0 Å². The summed E-state index contributed by atoms with van der Waals surface area (Å²) in [5, 5.41) is 53.1. The maximum absolute atomic E-state index is 13.3. The fourth-order valence-electron chi connectivity index (χ4n) is 10.9. The Morgan fingerprint density at radius 2 is 0.562 bits per heavy atom. The molecule has 15 atom stereocenters. The monoisotopic (exact) mass is 2340 g/mol. The largest absolute Gasteiger partial charge is 0.481 e. The number of ketones is 7. The summed E-state index contributed by atoms with van der Waals surface area (Å²) in [5.74, 6) is -1.19. The number of nitrogens with two attached hydrogens (primary N) is 2. The van der Waals surface area contributed by atoms with Crippen molar-refractivity contribution in [3.8, 4) is 0 Å². The lowest BCUT2D eigenvalue weighted by atomic mass is 9.99. The molecule has 9 amide bonds. The van der Waals surface area contributed by atoms with Crippen LogP contribution in [-0.4, -0.2) is 320 Å². The number of hydrogen-bond donors (Lipinski definition) is 14. The maximum atomic E-state index is 13.3. The van der Waals surface area contributed by atoms with Crippen LogP contribution < -0.4 is 59.3 Å². The van der Waals surface area contributed by atoms with Crippen LogP contribution in [0.4, 0.5) is 19.2 Å². The van der Waals surface area contributed by atoms with Crippen LogP contribution in [0.5, 0.6) is 0 Å². The Balaban J connectivity index is -0.00000192. The van der Waals surface area contributed by atoms with Crippen molar-refractivity contribution in [2.24, 2.45) is 11.5 Å². The SMILES string of the molecule is CC(C)(C)OC(=O)NC(CSSCC(NC(=O)OC(C)(C)C)C(=O)O)C(=O)O.CCCCSC1CCC1SCCCC(=O)C(CSSCC(NC(=O)OC(C)(C)C)C(C)=O)NC(=O)OC(C)(C)C.Cl.NCCSC1CCC1SCCN.[3H][C-](P)C(=O)CNC(=O)CCC(=O)NC(CSSCC(NC(=O)CCC(=O)NCC(=O)[C-]([3H])P)C(=O)CCCSC1CCC1SCCCC)C(C)=O.[3H][C-](P)C(=O)CNC(=O)CCC(=O)O. The van der Waals surface area contributed by atoms with Gasteiger partial charge in [-0.05, 0) is 184 Å². The molecule has 3 saturated carbocycles. The fraction of sp³-hybridized carbons (Fsp3) is 0.758. The zero-order chi connectivity index (χ0) is 111. The molecular weight excluding hydrogens is 2180 g/mol. The van der Waals surface area contributed by atoms with Crippen LogP contribution in [-0.2, 0) is 90.9 Å². The first-order valence-electron chi connectivity index (χ1n) is 48.5. The first-order chi connectivity index (χ1) is 68.2. The van der Waals surface area contributed by atoms with E-state index in [2.05, 4.69) is 73.5 Å². The number of alkyl carbamates (subject to hydrolysis) is 4. The van der Waals surface area contributed by atoms with Crippen LogP contribution in [0.2, 0.25) is 0 Å². The number of halogens is 1. The number of unbranched alkanes of at least 4 members (excludes halogenated alkanes) is 2. The van der Waals surface area contributed by atoms with Gasteiger partial charge in [0, 0.05) is 173 Å². The van der Waals surface area contributed by atoms with Crippen molar-refractivity contribution in [2.75, 3.05) is 102 Å². The lowest BCUT2D eigenvalue weighted by Crippen LogP contribution is -2.45. The Morgan fingerprint density at radius 1 is 0.340 bits per heavy atom. The number of aliphatic carboxylic acids is 3. The quantitative estimate of drug-likeness (QED) is 0.00884. The number of hydrogen-bond acceptors (Lipinski definition) is 37. The van der Waals surface area contributed by atoms with E-state index in [1.165, 1.54) is 133 Å². The predicted molar refractivity (Wildman–Crippen MR) is 608 cm³/mol. The number of carboxylic acids is 3. The van der Waals surface area contributed by atoms with Crippen molar-refractivity contribution in [3.63, 3.8) is 0 Å². The molecule has 0 aromatic carbocycles. The summed E-state index contributed by atoms with van der Waals surface area (Å²) < 4.78 is 42.0. The van der Waals surface area contributed by atoms with Crippen molar-refractivity contribution in [2.45, 2.75) is 329 Å². The van der Waals surface area contributed by atoms with Gasteiger partial charge in [-0.1, -0.05) is 91.5 Å². The highest BCUT2D eigenvalue weighted by Gasteiger charge is 2.36. The Kier molecular flexibility index (Phi) is 79.8. The molecule has 53 heteroatoms. The number of nitrogens with one attached hydrogen (secondary N) is 9. The highest BCUT2D eigenvalue weighted by molar-refractivity contribution is 8.77. The molecule has 0 aromatic rings. The molecule has 0 spiro atoms. The highest BCUT2D eigenvalue weighted by Crippen LogP contribution is 2.43. The number of thioether (sulfide) groups is 6.